The third-order valence-electron chi connectivity index (χ3n) is 4.59. The van der Waals surface area contributed by atoms with Gasteiger partial charge >= 0.3 is 0 Å². The number of hydrogen-bond donors (Lipinski definition) is 2. The molecule has 0 fully saturated rings. The van der Waals surface area contributed by atoms with E-state index in [9.17, 15) is 9.59 Å². The van der Waals surface area contributed by atoms with Crippen molar-refractivity contribution in [3.8, 4) is 17.1 Å². The van der Waals surface area contributed by atoms with Gasteiger partial charge in [-0.1, -0.05) is 42.5 Å². The third kappa shape index (κ3) is 3.33. The van der Waals surface area contributed by atoms with Crippen LogP contribution >= 0.6 is 0 Å². The Morgan fingerprint density at radius 1 is 1.07 bits per heavy atom. The second-order valence-corrected chi connectivity index (χ2v) is 6.35. The lowest BCUT2D eigenvalue weighted by molar-refractivity contribution is -0.116. The number of aromatic amines is 1. The smallest absolute Gasteiger partial charge is 0.257 e. The molecule has 1 atom stereocenters. The largest absolute Gasteiger partial charge is 0.494 e. The minimum Gasteiger partial charge on any atom is -0.494 e. The fraction of sp³-hybridized carbons (Fsp3) is 0.190. The van der Waals surface area contributed by atoms with Crippen molar-refractivity contribution in [2.45, 2.75) is 19.3 Å². The van der Waals surface area contributed by atoms with Gasteiger partial charge in [-0.25, -0.2) is 4.98 Å². The van der Waals surface area contributed by atoms with Crippen LogP contribution in [-0.4, -0.2) is 22.5 Å². The molecule has 136 valence electrons. The number of carbonyl (C=O) groups excluding carboxylic acids is 1. The van der Waals surface area contributed by atoms with Gasteiger partial charge in [0.05, 0.1) is 12.2 Å². The molecule has 0 radical (unpaired) electrons. The number of carbonyl (C=O) groups is 1. The summed E-state index contributed by atoms with van der Waals surface area (Å²) in [5.74, 6) is 1.02. The van der Waals surface area contributed by atoms with Crippen molar-refractivity contribution in [1.82, 2.24) is 9.97 Å². The predicted molar refractivity (Wildman–Crippen MR) is 103 cm³/mol. The van der Waals surface area contributed by atoms with Gasteiger partial charge in [0.25, 0.3) is 5.56 Å². The van der Waals surface area contributed by atoms with Gasteiger partial charge in [-0.2, -0.15) is 0 Å². The summed E-state index contributed by atoms with van der Waals surface area (Å²) in [6, 6.07) is 16.8. The highest BCUT2D eigenvalue weighted by molar-refractivity contribution is 5.94. The molecule has 1 amide bonds. The fourth-order valence-corrected chi connectivity index (χ4v) is 3.35. The van der Waals surface area contributed by atoms with Crippen LogP contribution < -0.4 is 15.6 Å². The van der Waals surface area contributed by atoms with Crippen LogP contribution in [0.3, 0.4) is 0 Å². The van der Waals surface area contributed by atoms with Crippen molar-refractivity contribution < 1.29 is 9.53 Å². The molecule has 0 spiro atoms. The summed E-state index contributed by atoms with van der Waals surface area (Å²) in [5.41, 5.74) is 1.92. The van der Waals surface area contributed by atoms with Crippen LogP contribution in [0.1, 0.15) is 30.4 Å². The molecule has 2 aromatic carbocycles. The van der Waals surface area contributed by atoms with Crippen LogP contribution in [0.2, 0.25) is 0 Å². The maximum atomic E-state index is 12.8. The molecule has 27 heavy (non-hydrogen) atoms. The quantitative estimate of drug-likeness (QED) is 0.747. The molecule has 1 aliphatic rings. The number of H-pyrrole nitrogens is 1. The first-order chi connectivity index (χ1) is 13.2. The molecule has 0 unspecified atom stereocenters. The van der Waals surface area contributed by atoms with Gasteiger partial charge in [0, 0.05) is 17.9 Å². The number of nitrogens with zero attached hydrogens (tertiary/aromatic N) is 1. The lowest BCUT2D eigenvalue weighted by Crippen LogP contribution is -2.31. The van der Waals surface area contributed by atoms with E-state index in [2.05, 4.69) is 15.3 Å². The molecule has 6 heteroatoms. The average Bonchev–Trinajstić information content (AvgIpc) is 2.68. The standard InChI is InChI=1S/C21H19N3O3/c1-2-27-15-10-8-13(9-11-15)16-12-17(25)22-20-18(16)21(26)24-19(23-20)14-6-4-3-5-7-14/h3-11,16H,2,12H2,1H3,(H2,22,23,24,25,26)/t16-/m0/s1. The molecule has 4 rings (SSSR count). The topological polar surface area (TPSA) is 84.1 Å². The molecule has 0 aliphatic carbocycles. The van der Waals surface area contributed by atoms with Crippen molar-refractivity contribution in [1.29, 1.82) is 0 Å². The highest BCUT2D eigenvalue weighted by Crippen LogP contribution is 2.35. The van der Waals surface area contributed by atoms with Crippen molar-refractivity contribution in [2.75, 3.05) is 11.9 Å². The monoisotopic (exact) mass is 361 g/mol. The number of fused-ring (bicyclic) bond motifs is 1. The molecule has 6 nitrogen and oxygen atoms in total. The number of nitrogens with one attached hydrogen (secondary N) is 2. The Morgan fingerprint density at radius 3 is 2.52 bits per heavy atom. The summed E-state index contributed by atoms with van der Waals surface area (Å²) in [6.45, 7) is 2.50. The zero-order valence-corrected chi connectivity index (χ0v) is 14.9. The molecule has 0 saturated carbocycles. The van der Waals surface area contributed by atoms with Crippen LogP contribution in [0.25, 0.3) is 11.4 Å². The second-order valence-electron chi connectivity index (χ2n) is 6.35. The lowest BCUT2D eigenvalue weighted by atomic mass is 9.87. The summed E-state index contributed by atoms with van der Waals surface area (Å²) < 4.78 is 5.47. The third-order valence-corrected chi connectivity index (χ3v) is 4.59. The van der Waals surface area contributed by atoms with E-state index >= 15 is 0 Å². The number of benzene rings is 2. The maximum Gasteiger partial charge on any atom is 0.257 e. The second kappa shape index (κ2) is 7.07. The van der Waals surface area contributed by atoms with Gasteiger partial charge < -0.3 is 15.0 Å². The minimum absolute atomic E-state index is 0.154. The molecule has 2 heterocycles. The number of anilines is 1. The Labute approximate surface area is 156 Å². The molecule has 0 bridgehead atoms. The van der Waals surface area contributed by atoms with E-state index in [1.165, 1.54) is 0 Å². The van der Waals surface area contributed by atoms with Crippen LogP contribution in [0.5, 0.6) is 5.75 Å². The SMILES string of the molecule is CCOc1ccc([C@@H]2CC(=O)Nc3nc(-c4ccccc4)[nH]c(=O)c32)cc1. The normalized spacial score (nSPS) is 15.7. The highest BCUT2D eigenvalue weighted by Gasteiger charge is 2.31. The molecule has 1 aromatic heterocycles. The Hall–Kier alpha value is -3.41. The van der Waals surface area contributed by atoms with Crippen molar-refractivity contribution in [2.24, 2.45) is 0 Å². The molecule has 2 N–H and O–H groups in total. The van der Waals surface area contributed by atoms with E-state index in [0.29, 0.717) is 23.8 Å². The first kappa shape index (κ1) is 17.0. The minimum atomic E-state index is -0.342. The van der Waals surface area contributed by atoms with Gasteiger partial charge in [-0.15, -0.1) is 0 Å². The Balaban J connectivity index is 1.78. The number of rotatable bonds is 4. The number of aromatic nitrogens is 2. The summed E-state index contributed by atoms with van der Waals surface area (Å²) in [6.07, 6.45) is 0.205. The highest BCUT2D eigenvalue weighted by atomic mass is 16.5. The van der Waals surface area contributed by atoms with E-state index in [-0.39, 0.29) is 23.8 Å². The van der Waals surface area contributed by atoms with Crippen LogP contribution in [-0.2, 0) is 4.79 Å². The molecular formula is C21H19N3O3. The van der Waals surface area contributed by atoms with Crippen LogP contribution in [0.4, 0.5) is 5.82 Å². The zero-order chi connectivity index (χ0) is 18.8. The number of amides is 1. The van der Waals surface area contributed by atoms with Gasteiger partial charge in [0.2, 0.25) is 5.91 Å². The van der Waals surface area contributed by atoms with E-state index in [4.69, 9.17) is 4.74 Å². The summed E-state index contributed by atoms with van der Waals surface area (Å²) >= 11 is 0. The van der Waals surface area contributed by atoms with Crippen LogP contribution in [0, 0.1) is 0 Å². The summed E-state index contributed by atoms with van der Waals surface area (Å²) in [5, 5.41) is 2.75. The number of hydrogen-bond acceptors (Lipinski definition) is 4. The van der Waals surface area contributed by atoms with E-state index in [1.807, 2.05) is 61.5 Å². The Bertz CT molecular complexity index is 1030. The van der Waals surface area contributed by atoms with Crippen molar-refractivity contribution >= 4 is 11.7 Å². The predicted octanol–water partition coefficient (Wildman–Crippen LogP) is 3.31. The molecular weight excluding hydrogens is 342 g/mol. The zero-order valence-electron chi connectivity index (χ0n) is 14.9. The number of ether oxygens (including phenoxy) is 1. The molecule has 0 saturated heterocycles. The maximum absolute atomic E-state index is 12.8. The van der Waals surface area contributed by atoms with Crippen molar-refractivity contribution in [3.05, 3.63) is 76.1 Å². The van der Waals surface area contributed by atoms with Gasteiger partial charge in [-0.05, 0) is 24.6 Å². The van der Waals surface area contributed by atoms with Crippen LogP contribution in [0.15, 0.2) is 59.4 Å². The summed E-state index contributed by atoms with van der Waals surface area (Å²) in [7, 11) is 0. The van der Waals surface area contributed by atoms with Gasteiger partial charge in [-0.3, -0.25) is 9.59 Å². The van der Waals surface area contributed by atoms with Crippen molar-refractivity contribution in [3.63, 3.8) is 0 Å². The Morgan fingerprint density at radius 2 is 1.81 bits per heavy atom. The molecule has 3 aromatic rings. The van der Waals surface area contributed by atoms with E-state index < -0.39 is 0 Å². The average molecular weight is 361 g/mol. The lowest BCUT2D eigenvalue weighted by Gasteiger charge is -2.24. The molecule has 1 aliphatic heterocycles. The first-order valence-corrected chi connectivity index (χ1v) is 8.88. The van der Waals surface area contributed by atoms with Gasteiger partial charge in [0.15, 0.2) is 0 Å². The first-order valence-electron chi connectivity index (χ1n) is 8.88. The van der Waals surface area contributed by atoms with Gasteiger partial charge in [0.1, 0.15) is 17.4 Å². The summed E-state index contributed by atoms with van der Waals surface area (Å²) in [4.78, 5) is 32.5. The Kier molecular flexibility index (Phi) is 4.46. The van der Waals surface area contributed by atoms with E-state index in [1.54, 1.807) is 0 Å². The van der Waals surface area contributed by atoms with E-state index in [0.717, 1.165) is 16.9 Å². The fourth-order valence-electron chi connectivity index (χ4n) is 3.35.